The van der Waals surface area contributed by atoms with Crippen molar-refractivity contribution in [3.63, 3.8) is 0 Å². The molecule has 0 aromatic carbocycles. The second-order valence-corrected chi connectivity index (χ2v) is 5.26. The highest BCUT2D eigenvalue weighted by Crippen LogP contribution is 2.65. The number of rotatable bonds is 4. The van der Waals surface area contributed by atoms with Gasteiger partial charge in [-0.2, -0.15) is 0 Å². The van der Waals surface area contributed by atoms with E-state index >= 15 is 0 Å². The van der Waals surface area contributed by atoms with Crippen LogP contribution in [0.5, 0.6) is 0 Å². The van der Waals surface area contributed by atoms with Crippen molar-refractivity contribution < 1.29 is 4.42 Å². The third-order valence-corrected chi connectivity index (χ3v) is 4.19. The molecule has 0 radical (unpaired) electrons. The van der Waals surface area contributed by atoms with Gasteiger partial charge in [-0.3, -0.25) is 0 Å². The van der Waals surface area contributed by atoms with Gasteiger partial charge in [0.15, 0.2) is 0 Å². The Balaban J connectivity index is 1.41. The summed E-state index contributed by atoms with van der Waals surface area (Å²) in [6.45, 7) is 4.06. The molecule has 1 unspecified atom stereocenters. The lowest BCUT2D eigenvalue weighted by molar-refractivity contribution is 0.255. The fourth-order valence-electron chi connectivity index (χ4n) is 2.91. The Labute approximate surface area is 91.0 Å². The van der Waals surface area contributed by atoms with Gasteiger partial charge in [0.1, 0.15) is 11.5 Å². The Morgan fingerprint density at radius 3 is 2.87 bits per heavy atom. The van der Waals surface area contributed by atoms with Gasteiger partial charge >= 0.3 is 0 Å². The fraction of sp³-hybridized carbons (Fsp3) is 0.692. The first-order valence-electron chi connectivity index (χ1n) is 6.05. The molecule has 2 saturated carbocycles. The van der Waals surface area contributed by atoms with E-state index in [4.69, 9.17) is 4.42 Å². The molecule has 2 fully saturated rings. The first-order valence-corrected chi connectivity index (χ1v) is 6.05. The van der Waals surface area contributed by atoms with Crippen LogP contribution < -0.4 is 5.32 Å². The third-order valence-electron chi connectivity index (χ3n) is 4.19. The van der Waals surface area contributed by atoms with E-state index in [0.717, 1.165) is 29.4 Å². The smallest absolute Gasteiger partial charge is 0.117 e. The maximum atomic E-state index is 5.52. The predicted octanol–water partition coefficient (Wildman–Crippen LogP) is 2.87. The van der Waals surface area contributed by atoms with Crippen LogP contribution in [0, 0.1) is 18.3 Å². The molecule has 2 nitrogen and oxygen atoms in total. The van der Waals surface area contributed by atoms with Crippen molar-refractivity contribution in [2.45, 2.75) is 39.2 Å². The highest BCUT2D eigenvalue weighted by molar-refractivity contribution is 5.09. The van der Waals surface area contributed by atoms with Crippen molar-refractivity contribution in [1.29, 1.82) is 0 Å². The Bertz CT molecular complexity index is 351. The Hall–Kier alpha value is -0.760. The maximum Gasteiger partial charge on any atom is 0.117 e. The van der Waals surface area contributed by atoms with Crippen LogP contribution >= 0.6 is 0 Å². The quantitative estimate of drug-likeness (QED) is 0.817. The molecule has 3 rings (SSSR count). The van der Waals surface area contributed by atoms with Gasteiger partial charge < -0.3 is 9.73 Å². The van der Waals surface area contributed by atoms with Gasteiger partial charge in [-0.25, -0.2) is 0 Å². The van der Waals surface area contributed by atoms with Crippen molar-refractivity contribution in [2.24, 2.45) is 11.3 Å². The van der Waals surface area contributed by atoms with E-state index in [-0.39, 0.29) is 0 Å². The molecule has 1 heterocycles. The minimum absolute atomic E-state index is 0.798. The highest BCUT2D eigenvalue weighted by Gasteiger charge is 2.56. The minimum atomic E-state index is 0.798. The average Bonchev–Trinajstić information content (AvgIpc) is 2.76. The van der Waals surface area contributed by atoms with Crippen LogP contribution in [0.15, 0.2) is 16.5 Å². The van der Waals surface area contributed by atoms with Crippen LogP contribution in [0.3, 0.4) is 0 Å². The molecule has 82 valence electrons. The average molecular weight is 205 g/mol. The van der Waals surface area contributed by atoms with E-state index in [2.05, 4.69) is 11.4 Å². The van der Waals surface area contributed by atoms with Crippen molar-refractivity contribution in [1.82, 2.24) is 5.32 Å². The van der Waals surface area contributed by atoms with E-state index in [1.165, 1.54) is 32.2 Å². The first-order chi connectivity index (χ1) is 7.28. The third kappa shape index (κ3) is 1.71. The standard InChI is InChI=1S/C13H19NO/c1-10-3-4-12(15-10)9-14-8-11-7-13(11)5-2-6-13/h3-4,11,14H,2,5-9H2,1H3. The molecule has 1 aromatic rings. The SMILES string of the molecule is Cc1ccc(CNCC2CC23CCC3)o1. The highest BCUT2D eigenvalue weighted by atomic mass is 16.3. The van der Waals surface area contributed by atoms with Gasteiger partial charge in [0.05, 0.1) is 6.54 Å². The zero-order valence-corrected chi connectivity index (χ0v) is 9.38. The van der Waals surface area contributed by atoms with Crippen LogP contribution in [0.2, 0.25) is 0 Å². The summed E-state index contributed by atoms with van der Waals surface area (Å²) in [6.07, 6.45) is 5.91. The van der Waals surface area contributed by atoms with E-state index in [1.54, 1.807) is 0 Å². The lowest BCUT2D eigenvalue weighted by Crippen LogP contribution is -2.22. The molecule has 15 heavy (non-hydrogen) atoms. The van der Waals surface area contributed by atoms with Crippen LogP contribution in [0.1, 0.15) is 37.2 Å². The zero-order chi connectivity index (χ0) is 10.3. The number of hydrogen-bond acceptors (Lipinski definition) is 2. The summed E-state index contributed by atoms with van der Waals surface area (Å²) < 4.78 is 5.52. The molecule has 0 aliphatic heterocycles. The van der Waals surface area contributed by atoms with Gasteiger partial charge in [-0.1, -0.05) is 6.42 Å². The van der Waals surface area contributed by atoms with Crippen molar-refractivity contribution in [3.05, 3.63) is 23.7 Å². The summed E-state index contributed by atoms with van der Waals surface area (Å²) in [6, 6.07) is 4.09. The van der Waals surface area contributed by atoms with E-state index in [1.807, 2.05) is 13.0 Å². The number of hydrogen-bond donors (Lipinski definition) is 1. The summed E-state index contributed by atoms with van der Waals surface area (Å²) in [5.74, 6) is 3.03. The van der Waals surface area contributed by atoms with Crippen molar-refractivity contribution in [2.75, 3.05) is 6.54 Å². The molecule has 0 bridgehead atoms. The number of furan rings is 1. The van der Waals surface area contributed by atoms with Gasteiger partial charge in [-0.05, 0) is 56.2 Å². The topological polar surface area (TPSA) is 25.2 Å². The molecule has 1 atom stereocenters. The van der Waals surface area contributed by atoms with Gasteiger partial charge in [0, 0.05) is 0 Å². The predicted molar refractivity (Wildman–Crippen MR) is 59.5 cm³/mol. The lowest BCUT2D eigenvalue weighted by Gasteiger charge is -2.26. The van der Waals surface area contributed by atoms with E-state index in [9.17, 15) is 0 Å². The molecule has 1 spiro atoms. The maximum absolute atomic E-state index is 5.52. The normalized spacial score (nSPS) is 26.6. The van der Waals surface area contributed by atoms with Crippen LogP contribution in [-0.4, -0.2) is 6.54 Å². The number of aryl methyl sites for hydroxylation is 1. The Morgan fingerprint density at radius 2 is 2.33 bits per heavy atom. The Morgan fingerprint density at radius 1 is 1.47 bits per heavy atom. The largest absolute Gasteiger partial charge is 0.465 e. The van der Waals surface area contributed by atoms with Gasteiger partial charge in [-0.15, -0.1) is 0 Å². The minimum Gasteiger partial charge on any atom is -0.465 e. The monoisotopic (exact) mass is 205 g/mol. The lowest BCUT2D eigenvalue weighted by atomic mass is 9.80. The molecule has 2 heteroatoms. The molecule has 1 aromatic heterocycles. The molecule has 2 aliphatic carbocycles. The molecule has 0 amide bonds. The summed E-state index contributed by atoms with van der Waals surface area (Å²) in [7, 11) is 0. The van der Waals surface area contributed by atoms with E-state index in [0.29, 0.717) is 0 Å². The van der Waals surface area contributed by atoms with Crippen molar-refractivity contribution in [3.8, 4) is 0 Å². The first kappa shape index (κ1) is 9.46. The molecule has 2 aliphatic rings. The summed E-state index contributed by atoms with van der Waals surface area (Å²) >= 11 is 0. The molecular formula is C13H19NO. The summed E-state index contributed by atoms with van der Waals surface area (Å²) in [5, 5.41) is 3.51. The van der Waals surface area contributed by atoms with Crippen LogP contribution in [0.4, 0.5) is 0 Å². The summed E-state index contributed by atoms with van der Waals surface area (Å²) in [5.41, 5.74) is 0.798. The molecule has 0 saturated heterocycles. The zero-order valence-electron chi connectivity index (χ0n) is 9.38. The molecule has 1 N–H and O–H groups in total. The summed E-state index contributed by atoms with van der Waals surface area (Å²) in [4.78, 5) is 0. The van der Waals surface area contributed by atoms with E-state index < -0.39 is 0 Å². The van der Waals surface area contributed by atoms with Gasteiger partial charge in [0.2, 0.25) is 0 Å². The van der Waals surface area contributed by atoms with Crippen LogP contribution in [0.25, 0.3) is 0 Å². The second kappa shape index (κ2) is 3.38. The van der Waals surface area contributed by atoms with Gasteiger partial charge in [0.25, 0.3) is 0 Å². The molecular weight excluding hydrogens is 186 g/mol. The second-order valence-electron chi connectivity index (χ2n) is 5.26. The van der Waals surface area contributed by atoms with Crippen molar-refractivity contribution >= 4 is 0 Å². The Kier molecular flexibility index (Phi) is 2.13. The fourth-order valence-corrected chi connectivity index (χ4v) is 2.91. The number of nitrogens with one attached hydrogen (secondary N) is 1. The van der Waals surface area contributed by atoms with Crippen LogP contribution in [-0.2, 0) is 6.54 Å².